The van der Waals surface area contributed by atoms with Gasteiger partial charge in [-0.1, -0.05) is 54.2 Å². The Morgan fingerprint density at radius 3 is 2.38 bits per heavy atom. The van der Waals surface area contributed by atoms with Crippen LogP contribution in [0.2, 0.25) is 0 Å². The standard InChI is InChI=1S/C25H26N2O3S2/c1-18-16-31-24(26-18)32-17-19-8-10-20(11-9-19)22(28)27-14-12-25(13-15-27,23(29)30-2)21-6-4-3-5-7-21/h3-11,16H,12-15,17H2,1-2H3. The van der Waals surface area contributed by atoms with E-state index in [2.05, 4.69) is 10.4 Å². The summed E-state index contributed by atoms with van der Waals surface area (Å²) in [7, 11) is 1.43. The van der Waals surface area contributed by atoms with Gasteiger partial charge in [-0.3, -0.25) is 9.59 Å². The molecule has 0 spiro atoms. The van der Waals surface area contributed by atoms with E-state index in [1.807, 2.05) is 66.4 Å². The molecule has 0 aliphatic carbocycles. The third kappa shape index (κ3) is 4.74. The molecule has 1 aliphatic heterocycles. The fourth-order valence-corrected chi connectivity index (χ4v) is 5.93. The zero-order chi connectivity index (χ0) is 22.6. The van der Waals surface area contributed by atoms with Gasteiger partial charge < -0.3 is 9.64 Å². The SMILES string of the molecule is COC(=O)C1(c2ccccc2)CCN(C(=O)c2ccc(CSc3nc(C)cs3)cc2)CC1. The van der Waals surface area contributed by atoms with Crippen molar-refractivity contribution in [2.24, 2.45) is 0 Å². The number of aryl methyl sites for hydroxylation is 1. The Bertz CT molecular complexity index is 1070. The van der Waals surface area contributed by atoms with Crippen molar-refractivity contribution in [1.82, 2.24) is 9.88 Å². The van der Waals surface area contributed by atoms with Crippen LogP contribution in [0.4, 0.5) is 0 Å². The highest BCUT2D eigenvalue weighted by atomic mass is 32.2. The second kappa shape index (κ2) is 9.88. The van der Waals surface area contributed by atoms with Crippen LogP contribution < -0.4 is 0 Å². The molecule has 0 unspecified atom stereocenters. The minimum absolute atomic E-state index is 0.00581. The van der Waals surface area contributed by atoms with Gasteiger partial charge in [0.2, 0.25) is 0 Å². The molecule has 1 saturated heterocycles. The lowest BCUT2D eigenvalue weighted by molar-refractivity contribution is -0.149. The molecule has 32 heavy (non-hydrogen) atoms. The lowest BCUT2D eigenvalue weighted by Gasteiger charge is -2.40. The molecular formula is C25H26N2O3S2. The maximum absolute atomic E-state index is 13.1. The fraction of sp³-hybridized carbons (Fsp3) is 0.320. The molecule has 2 heterocycles. The number of aromatic nitrogens is 1. The third-order valence-corrected chi connectivity index (χ3v) is 8.18. The van der Waals surface area contributed by atoms with Gasteiger partial charge in [0.1, 0.15) is 4.34 Å². The van der Waals surface area contributed by atoms with Crippen molar-refractivity contribution >= 4 is 35.0 Å². The van der Waals surface area contributed by atoms with Crippen LogP contribution in [0, 0.1) is 6.92 Å². The molecule has 0 atom stereocenters. The number of hydrogen-bond acceptors (Lipinski definition) is 6. The molecule has 0 saturated carbocycles. The molecule has 166 valence electrons. The number of ether oxygens (including phenoxy) is 1. The van der Waals surface area contributed by atoms with Crippen molar-refractivity contribution in [3.63, 3.8) is 0 Å². The number of methoxy groups -OCH3 is 1. The first-order valence-electron chi connectivity index (χ1n) is 10.6. The molecule has 2 aromatic carbocycles. The summed E-state index contributed by atoms with van der Waals surface area (Å²) in [6.45, 7) is 3.03. The smallest absolute Gasteiger partial charge is 0.316 e. The Morgan fingerprint density at radius 2 is 1.78 bits per heavy atom. The number of hydrogen-bond donors (Lipinski definition) is 0. The second-order valence-corrected chi connectivity index (χ2v) is 10.1. The topological polar surface area (TPSA) is 59.5 Å². The van der Waals surface area contributed by atoms with Crippen LogP contribution in [0.25, 0.3) is 0 Å². The number of amides is 1. The van der Waals surface area contributed by atoms with E-state index in [-0.39, 0.29) is 11.9 Å². The maximum Gasteiger partial charge on any atom is 0.316 e. The lowest BCUT2D eigenvalue weighted by atomic mass is 9.72. The minimum Gasteiger partial charge on any atom is -0.468 e. The summed E-state index contributed by atoms with van der Waals surface area (Å²) in [6.07, 6.45) is 1.11. The lowest BCUT2D eigenvalue weighted by Crippen LogP contribution is -2.49. The maximum atomic E-state index is 13.1. The number of benzene rings is 2. The monoisotopic (exact) mass is 466 g/mol. The molecule has 1 amide bonds. The van der Waals surface area contributed by atoms with E-state index >= 15 is 0 Å². The second-order valence-electron chi connectivity index (χ2n) is 7.97. The fourth-order valence-electron chi connectivity index (χ4n) is 4.12. The van der Waals surface area contributed by atoms with Gasteiger partial charge in [-0.2, -0.15) is 0 Å². The van der Waals surface area contributed by atoms with E-state index in [1.165, 1.54) is 7.11 Å². The van der Waals surface area contributed by atoms with E-state index in [0.717, 1.165) is 26.9 Å². The van der Waals surface area contributed by atoms with Crippen molar-refractivity contribution in [1.29, 1.82) is 0 Å². The number of piperidine rings is 1. The Hall–Kier alpha value is -2.64. The predicted molar refractivity (Wildman–Crippen MR) is 128 cm³/mol. The van der Waals surface area contributed by atoms with Crippen LogP contribution in [0.3, 0.4) is 0 Å². The van der Waals surface area contributed by atoms with Crippen LogP contribution in [-0.2, 0) is 20.7 Å². The van der Waals surface area contributed by atoms with Crippen molar-refractivity contribution in [2.45, 2.75) is 35.3 Å². The minimum atomic E-state index is -0.692. The van der Waals surface area contributed by atoms with Gasteiger partial charge in [0.15, 0.2) is 0 Å². The van der Waals surface area contributed by atoms with Crippen LogP contribution in [0.5, 0.6) is 0 Å². The van der Waals surface area contributed by atoms with E-state index in [9.17, 15) is 9.59 Å². The summed E-state index contributed by atoms with van der Waals surface area (Å²) in [5, 5.41) is 2.05. The van der Waals surface area contributed by atoms with Gasteiger partial charge >= 0.3 is 5.97 Å². The number of nitrogens with zero attached hydrogens (tertiary/aromatic N) is 2. The number of rotatable bonds is 6. The van der Waals surface area contributed by atoms with Gasteiger partial charge in [-0.25, -0.2) is 4.98 Å². The van der Waals surface area contributed by atoms with Gasteiger partial charge in [0.25, 0.3) is 5.91 Å². The molecule has 5 nitrogen and oxygen atoms in total. The summed E-state index contributed by atoms with van der Waals surface area (Å²) in [6, 6.07) is 17.6. The molecule has 0 N–H and O–H groups in total. The molecule has 7 heteroatoms. The first-order valence-corrected chi connectivity index (χ1v) is 12.5. The number of carbonyl (C=O) groups excluding carboxylic acids is 2. The number of thiazole rings is 1. The van der Waals surface area contributed by atoms with E-state index in [0.29, 0.717) is 31.5 Å². The van der Waals surface area contributed by atoms with Crippen LogP contribution in [-0.4, -0.2) is 42.0 Å². The Balaban J connectivity index is 1.39. The summed E-state index contributed by atoms with van der Waals surface area (Å²) < 4.78 is 6.21. The summed E-state index contributed by atoms with van der Waals surface area (Å²) in [5.74, 6) is 0.600. The number of thioether (sulfide) groups is 1. The molecule has 1 aliphatic rings. The number of likely N-dealkylation sites (tertiary alicyclic amines) is 1. The van der Waals surface area contributed by atoms with Gasteiger partial charge in [0, 0.05) is 35.5 Å². The zero-order valence-electron chi connectivity index (χ0n) is 18.2. The number of esters is 1. The van der Waals surface area contributed by atoms with Crippen molar-refractivity contribution in [3.05, 3.63) is 82.4 Å². The predicted octanol–water partition coefficient (Wildman–Crippen LogP) is 5.09. The molecule has 1 fully saturated rings. The molecule has 1 aromatic heterocycles. The zero-order valence-corrected chi connectivity index (χ0v) is 19.9. The van der Waals surface area contributed by atoms with Crippen LogP contribution >= 0.6 is 23.1 Å². The van der Waals surface area contributed by atoms with Gasteiger partial charge in [-0.05, 0) is 43.0 Å². The van der Waals surface area contributed by atoms with E-state index in [1.54, 1.807) is 23.1 Å². The van der Waals surface area contributed by atoms with Gasteiger partial charge in [0.05, 0.1) is 12.5 Å². The number of carbonyl (C=O) groups is 2. The Kier molecular flexibility index (Phi) is 6.96. The van der Waals surface area contributed by atoms with E-state index in [4.69, 9.17) is 4.74 Å². The van der Waals surface area contributed by atoms with Crippen molar-refractivity contribution < 1.29 is 14.3 Å². The molecular weight excluding hydrogens is 440 g/mol. The highest BCUT2D eigenvalue weighted by Crippen LogP contribution is 2.37. The average Bonchev–Trinajstić information content (AvgIpc) is 3.27. The average molecular weight is 467 g/mol. The summed E-state index contributed by atoms with van der Waals surface area (Å²) >= 11 is 3.36. The van der Waals surface area contributed by atoms with Crippen LogP contribution in [0.15, 0.2) is 64.3 Å². The molecule has 3 aromatic rings. The highest BCUT2D eigenvalue weighted by Gasteiger charge is 2.44. The third-order valence-electron chi connectivity index (χ3n) is 5.97. The Morgan fingerprint density at radius 1 is 1.09 bits per heavy atom. The first-order chi connectivity index (χ1) is 15.5. The Labute approximate surface area is 196 Å². The summed E-state index contributed by atoms with van der Waals surface area (Å²) in [5.41, 5.74) is 3.14. The highest BCUT2D eigenvalue weighted by molar-refractivity contribution is 8.00. The summed E-state index contributed by atoms with van der Waals surface area (Å²) in [4.78, 5) is 32.1. The first kappa shape index (κ1) is 22.6. The molecule has 0 bridgehead atoms. The molecule has 0 radical (unpaired) electrons. The van der Waals surface area contributed by atoms with Crippen molar-refractivity contribution in [3.8, 4) is 0 Å². The largest absolute Gasteiger partial charge is 0.468 e. The molecule has 4 rings (SSSR count). The van der Waals surface area contributed by atoms with Gasteiger partial charge in [-0.15, -0.1) is 11.3 Å². The van der Waals surface area contributed by atoms with Crippen molar-refractivity contribution in [2.75, 3.05) is 20.2 Å². The van der Waals surface area contributed by atoms with E-state index < -0.39 is 5.41 Å². The van der Waals surface area contributed by atoms with Crippen LogP contribution in [0.1, 0.15) is 40.0 Å². The quantitative estimate of drug-likeness (QED) is 0.374. The normalized spacial score (nSPS) is 15.4.